The van der Waals surface area contributed by atoms with E-state index in [9.17, 15) is 19.2 Å². The number of benzene rings is 1. The van der Waals surface area contributed by atoms with Gasteiger partial charge in [-0.1, -0.05) is 12.1 Å². The van der Waals surface area contributed by atoms with E-state index in [-0.39, 0.29) is 24.3 Å². The Hall–Kier alpha value is -2.58. The molecule has 4 amide bonds. The van der Waals surface area contributed by atoms with Gasteiger partial charge in [0, 0.05) is 25.0 Å². The van der Waals surface area contributed by atoms with Crippen LogP contribution in [0.25, 0.3) is 0 Å². The molecule has 4 rings (SSSR count). The molecule has 1 unspecified atom stereocenters. The number of piperidine rings is 1. The second kappa shape index (κ2) is 7.10. The molecule has 1 aromatic carbocycles. The van der Waals surface area contributed by atoms with Crippen LogP contribution in [0.2, 0.25) is 0 Å². The quantitative estimate of drug-likeness (QED) is 0.631. The Morgan fingerprint density at radius 3 is 2.75 bits per heavy atom. The van der Waals surface area contributed by atoms with E-state index in [2.05, 4.69) is 22.9 Å². The normalized spacial score (nSPS) is 27.3. The molecule has 0 spiro atoms. The SMILES string of the molecule is C[C@]1(CNCc2cccc3c2C(=O)N(C2CCC(=O)NC2=O)C3=O)CCCN1. The predicted molar refractivity (Wildman–Crippen MR) is 100 cm³/mol. The van der Waals surface area contributed by atoms with E-state index in [1.807, 2.05) is 6.07 Å². The Bertz CT molecular complexity index is 860. The van der Waals surface area contributed by atoms with Crippen LogP contribution in [-0.4, -0.2) is 53.2 Å². The first-order valence-corrected chi connectivity index (χ1v) is 9.69. The fourth-order valence-electron chi connectivity index (χ4n) is 4.31. The summed E-state index contributed by atoms with van der Waals surface area (Å²) in [5, 5.41) is 9.09. The van der Waals surface area contributed by atoms with Gasteiger partial charge in [-0.3, -0.25) is 29.4 Å². The molecule has 3 aliphatic rings. The summed E-state index contributed by atoms with van der Waals surface area (Å²) in [7, 11) is 0. The van der Waals surface area contributed by atoms with Gasteiger partial charge in [-0.25, -0.2) is 0 Å². The van der Waals surface area contributed by atoms with Gasteiger partial charge in [0.05, 0.1) is 11.1 Å². The van der Waals surface area contributed by atoms with Gasteiger partial charge in [0.1, 0.15) is 6.04 Å². The van der Waals surface area contributed by atoms with Crippen LogP contribution in [0.3, 0.4) is 0 Å². The molecule has 8 heteroatoms. The van der Waals surface area contributed by atoms with Crippen LogP contribution in [0.15, 0.2) is 18.2 Å². The third-order valence-electron chi connectivity index (χ3n) is 5.84. The summed E-state index contributed by atoms with van der Waals surface area (Å²) in [5.41, 5.74) is 1.46. The molecule has 8 nitrogen and oxygen atoms in total. The first-order chi connectivity index (χ1) is 13.4. The van der Waals surface area contributed by atoms with Gasteiger partial charge in [0.25, 0.3) is 11.8 Å². The zero-order chi connectivity index (χ0) is 19.9. The maximum Gasteiger partial charge on any atom is 0.262 e. The fourth-order valence-corrected chi connectivity index (χ4v) is 4.31. The highest BCUT2D eigenvalue weighted by Crippen LogP contribution is 2.30. The van der Waals surface area contributed by atoms with Gasteiger partial charge in [0.15, 0.2) is 0 Å². The Morgan fingerprint density at radius 2 is 2.04 bits per heavy atom. The Labute approximate surface area is 163 Å². The Morgan fingerprint density at radius 1 is 1.21 bits per heavy atom. The largest absolute Gasteiger partial charge is 0.311 e. The minimum Gasteiger partial charge on any atom is -0.311 e. The summed E-state index contributed by atoms with van der Waals surface area (Å²) in [4.78, 5) is 50.4. The average molecular weight is 384 g/mol. The van der Waals surface area contributed by atoms with Gasteiger partial charge in [-0.05, 0) is 44.4 Å². The van der Waals surface area contributed by atoms with Crippen molar-refractivity contribution in [1.82, 2.24) is 20.9 Å². The molecule has 28 heavy (non-hydrogen) atoms. The van der Waals surface area contributed by atoms with E-state index in [0.717, 1.165) is 36.4 Å². The van der Waals surface area contributed by atoms with Gasteiger partial charge in [-0.2, -0.15) is 0 Å². The van der Waals surface area contributed by atoms with E-state index in [0.29, 0.717) is 17.7 Å². The smallest absolute Gasteiger partial charge is 0.262 e. The van der Waals surface area contributed by atoms with Crippen LogP contribution in [-0.2, 0) is 16.1 Å². The van der Waals surface area contributed by atoms with E-state index in [1.54, 1.807) is 12.1 Å². The third kappa shape index (κ3) is 3.22. The number of carbonyl (C=O) groups is 4. The van der Waals surface area contributed by atoms with Crippen molar-refractivity contribution >= 4 is 23.6 Å². The number of hydrogen-bond acceptors (Lipinski definition) is 6. The highest BCUT2D eigenvalue weighted by Gasteiger charge is 2.45. The van der Waals surface area contributed by atoms with Gasteiger partial charge < -0.3 is 10.6 Å². The summed E-state index contributed by atoms with van der Waals surface area (Å²) in [6.45, 7) is 4.40. The average Bonchev–Trinajstić information content (AvgIpc) is 3.19. The van der Waals surface area contributed by atoms with E-state index >= 15 is 0 Å². The van der Waals surface area contributed by atoms with E-state index in [4.69, 9.17) is 0 Å². The number of rotatable bonds is 5. The number of carbonyl (C=O) groups excluding carboxylic acids is 4. The molecular weight excluding hydrogens is 360 g/mol. The summed E-state index contributed by atoms with van der Waals surface area (Å²) < 4.78 is 0. The van der Waals surface area contributed by atoms with Crippen LogP contribution >= 0.6 is 0 Å². The second-order valence-corrected chi connectivity index (χ2v) is 7.98. The zero-order valence-electron chi connectivity index (χ0n) is 15.8. The number of hydrogen-bond donors (Lipinski definition) is 3. The summed E-state index contributed by atoms with van der Waals surface area (Å²) in [6, 6.07) is 4.26. The zero-order valence-corrected chi connectivity index (χ0v) is 15.8. The predicted octanol–water partition coefficient (Wildman–Crippen LogP) is 0.320. The molecule has 2 saturated heterocycles. The van der Waals surface area contributed by atoms with Gasteiger partial charge in [0.2, 0.25) is 11.8 Å². The number of fused-ring (bicyclic) bond motifs is 1. The molecule has 148 valence electrons. The van der Waals surface area contributed by atoms with Crippen LogP contribution in [0.5, 0.6) is 0 Å². The van der Waals surface area contributed by atoms with Crippen molar-refractivity contribution < 1.29 is 19.2 Å². The summed E-state index contributed by atoms with van der Waals surface area (Å²) >= 11 is 0. The van der Waals surface area contributed by atoms with Crippen molar-refractivity contribution in [2.75, 3.05) is 13.1 Å². The molecule has 3 aliphatic heterocycles. The molecule has 0 radical (unpaired) electrons. The van der Waals surface area contributed by atoms with E-state index < -0.39 is 23.8 Å². The number of nitrogens with one attached hydrogen (secondary N) is 3. The van der Waals surface area contributed by atoms with Crippen LogP contribution in [0, 0.1) is 0 Å². The maximum absolute atomic E-state index is 13.0. The molecule has 0 bridgehead atoms. The van der Waals surface area contributed by atoms with E-state index in [1.165, 1.54) is 0 Å². The first-order valence-electron chi connectivity index (χ1n) is 9.69. The third-order valence-corrected chi connectivity index (χ3v) is 5.84. The number of amides is 4. The fraction of sp³-hybridized carbons (Fsp3) is 0.500. The molecule has 0 aliphatic carbocycles. The molecule has 1 aromatic rings. The Balaban J connectivity index is 1.52. The lowest BCUT2D eigenvalue weighted by Crippen LogP contribution is -2.54. The Kier molecular flexibility index (Phi) is 4.76. The minimum absolute atomic E-state index is 0.0382. The summed E-state index contributed by atoms with van der Waals surface area (Å²) in [6.07, 6.45) is 2.51. The highest BCUT2D eigenvalue weighted by atomic mass is 16.2. The van der Waals surface area contributed by atoms with Crippen molar-refractivity contribution in [2.45, 2.75) is 50.7 Å². The molecule has 3 N–H and O–H groups in total. The van der Waals surface area contributed by atoms with Gasteiger partial charge in [-0.15, -0.1) is 0 Å². The van der Waals surface area contributed by atoms with Crippen molar-refractivity contribution in [3.8, 4) is 0 Å². The molecule has 2 fully saturated rings. The first kappa shape index (κ1) is 18.8. The molecule has 2 atom stereocenters. The second-order valence-electron chi connectivity index (χ2n) is 7.98. The lowest BCUT2D eigenvalue weighted by atomic mass is 9.99. The van der Waals surface area contributed by atoms with Crippen LogP contribution < -0.4 is 16.0 Å². The molecule has 0 saturated carbocycles. The van der Waals surface area contributed by atoms with Crippen molar-refractivity contribution in [2.24, 2.45) is 0 Å². The van der Waals surface area contributed by atoms with Crippen molar-refractivity contribution in [3.05, 3.63) is 34.9 Å². The van der Waals surface area contributed by atoms with Crippen LogP contribution in [0.1, 0.15) is 58.9 Å². The lowest BCUT2D eigenvalue weighted by molar-refractivity contribution is -0.136. The standard InChI is InChI=1S/C20H24N4O4/c1-20(8-3-9-22-20)11-21-10-12-4-2-5-13-16(12)19(28)24(18(13)27)14-6-7-15(25)23-17(14)26/h2,4-5,14,21-22H,3,6-11H2,1H3,(H,23,25,26)/t14?,20-/m1/s1. The maximum atomic E-state index is 13.0. The summed E-state index contributed by atoms with van der Waals surface area (Å²) in [5.74, 6) is -1.90. The van der Waals surface area contributed by atoms with Crippen molar-refractivity contribution in [1.29, 1.82) is 0 Å². The molecular formula is C20H24N4O4. The molecule has 0 aromatic heterocycles. The monoisotopic (exact) mass is 384 g/mol. The minimum atomic E-state index is -0.937. The van der Waals surface area contributed by atoms with Crippen LogP contribution in [0.4, 0.5) is 0 Å². The molecule has 3 heterocycles. The van der Waals surface area contributed by atoms with Gasteiger partial charge >= 0.3 is 0 Å². The number of imide groups is 2. The highest BCUT2D eigenvalue weighted by molar-refractivity contribution is 6.24. The number of nitrogens with zero attached hydrogens (tertiary/aromatic N) is 1. The lowest BCUT2D eigenvalue weighted by Gasteiger charge is -2.28. The topological polar surface area (TPSA) is 108 Å². The van der Waals surface area contributed by atoms with Crippen molar-refractivity contribution in [3.63, 3.8) is 0 Å².